The number of aromatic nitrogens is 3. The van der Waals surface area contributed by atoms with Gasteiger partial charge in [0, 0.05) is 44.0 Å². The Kier molecular flexibility index (Phi) is 6.64. The van der Waals surface area contributed by atoms with E-state index in [1.807, 2.05) is 29.4 Å². The zero-order chi connectivity index (χ0) is 23.5. The van der Waals surface area contributed by atoms with E-state index in [1.54, 1.807) is 12.1 Å². The largest absolute Gasteiger partial charge is 0.368 e. The van der Waals surface area contributed by atoms with E-state index in [1.165, 1.54) is 17.8 Å². The Balaban J connectivity index is 1.38. The third-order valence-electron chi connectivity index (χ3n) is 5.76. The first-order chi connectivity index (χ1) is 15.8. The predicted octanol–water partition coefficient (Wildman–Crippen LogP) is 3.54. The van der Waals surface area contributed by atoms with Crippen molar-refractivity contribution in [3.05, 3.63) is 69.5 Å². The number of carbonyl (C=O) groups is 1. The van der Waals surface area contributed by atoms with Crippen molar-refractivity contribution in [2.75, 3.05) is 36.8 Å². The van der Waals surface area contributed by atoms with Crippen molar-refractivity contribution >= 4 is 29.0 Å². The minimum absolute atomic E-state index is 0.0480. The number of rotatable bonds is 6. The standard InChI is InChI=1S/C23H26N6O3S/c1-16-7-8-17(2)21(13-16)28-18(3)24-25-23(28)33-15-22(30)27-11-9-26(10-12-27)19-5-4-6-20(14-19)29(31)32/h4-8,13-14H,9-12,15H2,1-3H3. The van der Waals surface area contributed by atoms with Crippen LogP contribution >= 0.6 is 11.8 Å². The molecule has 0 unspecified atom stereocenters. The van der Waals surface area contributed by atoms with Crippen molar-refractivity contribution in [3.8, 4) is 5.69 Å². The highest BCUT2D eigenvalue weighted by atomic mass is 32.2. The summed E-state index contributed by atoms with van der Waals surface area (Å²) in [5, 5.41) is 20.3. The van der Waals surface area contributed by atoms with Gasteiger partial charge in [-0.05, 0) is 44.0 Å². The Hall–Kier alpha value is -3.40. The number of amides is 1. The van der Waals surface area contributed by atoms with Crippen LogP contribution in [0.5, 0.6) is 0 Å². The number of benzene rings is 2. The molecule has 1 amide bonds. The minimum Gasteiger partial charge on any atom is -0.368 e. The highest BCUT2D eigenvalue weighted by Crippen LogP contribution is 2.26. The van der Waals surface area contributed by atoms with Crippen LogP contribution in [-0.4, -0.2) is 62.4 Å². The number of non-ortho nitro benzene ring substituents is 1. The van der Waals surface area contributed by atoms with E-state index in [-0.39, 0.29) is 22.3 Å². The molecule has 1 aromatic heterocycles. The van der Waals surface area contributed by atoms with Crippen LogP contribution in [0.15, 0.2) is 47.6 Å². The normalized spacial score (nSPS) is 13.9. The molecule has 1 aliphatic heterocycles. The Morgan fingerprint density at radius 2 is 1.82 bits per heavy atom. The lowest BCUT2D eigenvalue weighted by Crippen LogP contribution is -2.49. The fourth-order valence-electron chi connectivity index (χ4n) is 3.91. The number of anilines is 1. The Labute approximate surface area is 196 Å². The maximum absolute atomic E-state index is 12.9. The molecule has 1 aliphatic rings. The number of thioether (sulfide) groups is 1. The number of hydrogen-bond acceptors (Lipinski definition) is 7. The third kappa shape index (κ3) is 5.00. The maximum atomic E-state index is 12.9. The van der Waals surface area contributed by atoms with Crippen molar-refractivity contribution < 1.29 is 9.72 Å². The summed E-state index contributed by atoms with van der Waals surface area (Å²) < 4.78 is 2.00. The van der Waals surface area contributed by atoms with E-state index in [0.717, 1.165) is 28.3 Å². The second-order valence-corrected chi connectivity index (χ2v) is 9.03. The van der Waals surface area contributed by atoms with Crippen molar-refractivity contribution in [2.24, 2.45) is 0 Å². The smallest absolute Gasteiger partial charge is 0.271 e. The van der Waals surface area contributed by atoms with Crippen molar-refractivity contribution in [3.63, 3.8) is 0 Å². The molecule has 9 nitrogen and oxygen atoms in total. The lowest BCUT2D eigenvalue weighted by atomic mass is 10.1. The van der Waals surface area contributed by atoms with E-state index >= 15 is 0 Å². The predicted molar refractivity (Wildman–Crippen MR) is 128 cm³/mol. The molecule has 1 saturated heterocycles. The van der Waals surface area contributed by atoms with Gasteiger partial charge in [-0.25, -0.2) is 0 Å². The quantitative estimate of drug-likeness (QED) is 0.311. The van der Waals surface area contributed by atoms with Crippen molar-refractivity contribution in [1.82, 2.24) is 19.7 Å². The van der Waals surface area contributed by atoms with Gasteiger partial charge in [0.05, 0.1) is 16.4 Å². The highest BCUT2D eigenvalue weighted by molar-refractivity contribution is 7.99. The van der Waals surface area contributed by atoms with Crippen LogP contribution in [0, 0.1) is 30.9 Å². The molecule has 10 heteroatoms. The number of piperazine rings is 1. The van der Waals surface area contributed by atoms with Crippen molar-refractivity contribution in [1.29, 1.82) is 0 Å². The second-order valence-electron chi connectivity index (χ2n) is 8.09. The lowest BCUT2D eigenvalue weighted by Gasteiger charge is -2.36. The lowest BCUT2D eigenvalue weighted by molar-refractivity contribution is -0.384. The van der Waals surface area contributed by atoms with Crippen LogP contribution in [0.4, 0.5) is 11.4 Å². The molecule has 2 aromatic carbocycles. The number of aryl methyl sites for hydroxylation is 3. The molecule has 0 aliphatic carbocycles. The molecule has 4 rings (SSSR count). The van der Waals surface area contributed by atoms with Crippen LogP contribution in [0.2, 0.25) is 0 Å². The topological polar surface area (TPSA) is 97.4 Å². The van der Waals surface area contributed by atoms with Crippen LogP contribution in [0.3, 0.4) is 0 Å². The Bertz CT molecular complexity index is 1190. The average molecular weight is 467 g/mol. The van der Waals surface area contributed by atoms with E-state index in [9.17, 15) is 14.9 Å². The summed E-state index contributed by atoms with van der Waals surface area (Å²) in [6.45, 7) is 8.43. The highest BCUT2D eigenvalue weighted by Gasteiger charge is 2.23. The van der Waals surface area contributed by atoms with Gasteiger partial charge in [-0.2, -0.15) is 0 Å². The van der Waals surface area contributed by atoms with E-state index in [0.29, 0.717) is 31.3 Å². The fourth-order valence-corrected chi connectivity index (χ4v) is 4.80. The zero-order valence-electron chi connectivity index (χ0n) is 18.9. The van der Waals surface area contributed by atoms with Crippen molar-refractivity contribution in [2.45, 2.75) is 25.9 Å². The molecular formula is C23H26N6O3S. The minimum atomic E-state index is -0.390. The van der Waals surface area contributed by atoms with Crippen LogP contribution in [0.1, 0.15) is 17.0 Å². The molecule has 172 valence electrons. The first-order valence-electron chi connectivity index (χ1n) is 10.7. The van der Waals surface area contributed by atoms with Gasteiger partial charge >= 0.3 is 0 Å². The molecular weight excluding hydrogens is 440 g/mol. The third-order valence-corrected chi connectivity index (χ3v) is 6.68. The molecule has 0 radical (unpaired) electrons. The molecule has 2 heterocycles. The van der Waals surface area contributed by atoms with E-state index < -0.39 is 0 Å². The molecule has 0 saturated carbocycles. The summed E-state index contributed by atoms with van der Waals surface area (Å²) in [5.74, 6) is 1.11. The van der Waals surface area contributed by atoms with Gasteiger partial charge in [-0.15, -0.1) is 10.2 Å². The van der Waals surface area contributed by atoms with Gasteiger partial charge in [-0.3, -0.25) is 19.5 Å². The molecule has 3 aromatic rings. The number of nitrogens with zero attached hydrogens (tertiary/aromatic N) is 6. The number of nitro groups is 1. The van der Waals surface area contributed by atoms with E-state index in [4.69, 9.17) is 0 Å². The van der Waals surface area contributed by atoms with Gasteiger partial charge in [0.2, 0.25) is 5.91 Å². The number of hydrogen-bond donors (Lipinski definition) is 0. The van der Waals surface area contributed by atoms with Gasteiger partial charge in [-0.1, -0.05) is 30.0 Å². The monoisotopic (exact) mass is 466 g/mol. The van der Waals surface area contributed by atoms with Crippen LogP contribution < -0.4 is 4.90 Å². The van der Waals surface area contributed by atoms with Gasteiger partial charge in [0.25, 0.3) is 5.69 Å². The van der Waals surface area contributed by atoms with E-state index in [2.05, 4.69) is 40.2 Å². The summed E-state index contributed by atoms with van der Waals surface area (Å²) in [5.41, 5.74) is 4.18. The Morgan fingerprint density at radius 3 is 2.55 bits per heavy atom. The second kappa shape index (κ2) is 9.62. The summed E-state index contributed by atoms with van der Waals surface area (Å²) >= 11 is 1.39. The van der Waals surface area contributed by atoms with Crippen LogP contribution in [-0.2, 0) is 4.79 Å². The molecule has 0 bridgehead atoms. The number of carbonyl (C=O) groups excluding carboxylic acids is 1. The molecule has 1 fully saturated rings. The summed E-state index contributed by atoms with van der Waals surface area (Å²) in [6.07, 6.45) is 0. The van der Waals surface area contributed by atoms with Gasteiger partial charge < -0.3 is 9.80 Å². The molecule has 0 spiro atoms. The van der Waals surface area contributed by atoms with Gasteiger partial charge in [0.15, 0.2) is 5.16 Å². The first-order valence-corrected chi connectivity index (χ1v) is 11.7. The number of nitro benzene ring substituents is 1. The molecule has 33 heavy (non-hydrogen) atoms. The molecule has 0 atom stereocenters. The SMILES string of the molecule is Cc1ccc(C)c(-n2c(C)nnc2SCC(=O)N2CCN(c3cccc([N+](=O)[O-])c3)CC2)c1. The fraction of sp³-hybridized carbons (Fsp3) is 0.348. The summed E-state index contributed by atoms with van der Waals surface area (Å²) in [7, 11) is 0. The summed E-state index contributed by atoms with van der Waals surface area (Å²) in [4.78, 5) is 27.4. The maximum Gasteiger partial charge on any atom is 0.271 e. The molecule has 0 N–H and O–H groups in total. The van der Waals surface area contributed by atoms with Gasteiger partial charge in [0.1, 0.15) is 5.82 Å². The zero-order valence-corrected chi connectivity index (χ0v) is 19.7. The summed E-state index contributed by atoms with van der Waals surface area (Å²) in [6, 6.07) is 12.9. The average Bonchev–Trinajstić information content (AvgIpc) is 3.19. The van der Waals surface area contributed by atoms with Crippen LogP contribution in [0.25, 0.3) is 5.69 Å². The first kappa shape index (κ1) is 22.8. The Morgan fingerprint density at radius 1 is 1.06 bits per heavy atom.